The second-order valence-corrected chi connectivity index (χ2v) is 6.91. The number of nitrogens with zero attached hydrogens (tertiary/aromatic N) is 4. The highest BCUT2D eigenvalue weighted by Crippen LogP contribution is 2.33. The van der Waals surface area contributed by atoms with Crippen molar-refractivity contribution < 1.29 is 4.79 Å². The van der Waals surface area contributed by atoms with Crippen LogP contribution in [0.3, 0.4) is 0 Å². The number of carbonyl (C=O) groups excluding carboxylic acids is 1. The second kappa shape index (κ2) is 9.41. The van der Waals surface area contributed by atoms with Crippen molar-refractivity contribution in [2.45, 2.75) is 24.8 Å². The van der Waals surface area contributed by atoms with Gasteiger partial charge in [0.2, 0.25) is 5.91 Å². The Morgan fingerprint density at radius 3 is 2.71 bits per heavy atom. The highest BCUT2D eigenvalue weighted by molar-refractivity contribution is 5.86. The molecule has 1 amide bonds. The van der Waals surface area contributed by atoms with E-state index < -0.39 is 0 Å². The van der Waals surface area contributed by atoms with Gasteiger partial charge in [0.1, 0.15) is 11.7 Å². The molecule has 0 aliphatic carbocycles. The lowest BCUT2D eigenvalue weighted by atomic mass is 9.89. The first-order chi connectivity index (χ1) is 12.7. The lowest BCUT2D eigenvalue weighted by Gasteiger charge is -2.34. The molecule has 3 aromatic heterocycles. The Kier molecular flexibility index (Phi) is 7.46. The number of aromatic nitrogens is 4. The Balaban J connectivity index is 0.00000140. The summed E-state index contributed by atoms with van der Waals surface area (Å²) in [6.45, 7) is 1.55. The summed E-state index contributed by atoms with van der Waals surface area (Å²) in [4.78, 5) is 22.6. The quantitative estimate of drug-likeness (QED) is 0.674. The molecule has 3 aromatic rings. The summed E-state index contributed by atoms with van der Waals surface area (Å²) in [5.74, 6) is 0.586. The summed E-state index contributed by atoms with van der Waals surface area (Å²) in [5.41, 5.74) is 3.16. The molecule has 0 saturated carbocycles. The molecule has 4 rings (SSSR count). The molecule has 28 heavy (non-hydrogen) atoms. The first kappa shape index (κ1) is 22.2. The minimum absolute atomic E-state index is 0. The molecule has 2 N–H and O–H groups in total. The average Bonchev–Trinajstić information content (AvgIpc) is 3.29. The Labute approximate surface area is 176 Å². The van der Waals surface area contributed by atoms with Crippen LogP contribution < -0.4 is 5.32 Å². The number of rotatable bonds is 4. The third-order valence-electron chi connectivity index (χ3n) is 5.32. The van der Waals surface area contributed by atoms with Gasteiger partial charge in [-0.15, -0.1) is 24.8 Å². The number of hydrogen-bond acceptors (Lipinski definition) is 4. The maximum Gasteiger partial charge on any atom is 0.244 e. The van der Waals surface area contributed by atoms with E-state index in [0.29, 0.717) is 5.92 Å². The zero-order valence-corrected chi connectivity index (χ0v) is 17.6. The maximum atomic E-state index is 13.0. The van der Waals surface area contributed by atoms with Crippen LogP contribution in [0.1, 0.15) is 35.9 Å². The van der Waals surface area contributed by atoms with E-state index in [1.54, 1.807) is 17.1 Å². The van der Waals surface area contributed by atoms with E-state index in [0.717, 1.165) is 37.1 Å². The summed E-state index contributed by atoms with van der Waals surface area (Å²) >= 11 is 0. The van der Waals surface area contributed by atoms with E-state index in [-0.39, 0.29) is 36.8 Å². The SMILES string of the molecule is CNC(C(=O)N1CCC(c2c[nH]c3ncccc23)CC1)c1cnn(C)c1.Cl.Cl. The van der Waals surface area contributed by atoms with Gasteiger partial charge in [0.05, 0.1) is 6.20 Å². The first-order valence-electron chi connectivity index (χ1n) is 9.04. The molecule has 1 unspecified atom stereocenters. The van der Waals surface area contributed by atoms with Crippen molar-refractivity contribution in [3.05, 3.63) is 48.0 Å². The molecule has 0 radical (unpaired) electrons. The van der Waals surface area contributed by atoms with Gasteiger partial charge in [0, 0.05) is 49.7 Å². The standard InChI is InChI=1S/C19H24N6O.2ClH/c1-20-17(14-10-23-24(2)12-14)19(26)25-8-5-13(6-9-25)16-11-22-18-15(16)4-3-7-21-18;;/h3-4,7,10-13,17,20H,5-6,8-9H2,1-2H3,(H,21,22);2*1H. The molecule has 1 atom stereocenters. The molecule has 1 fully saturated rings. The smallest absolute Gasteiger partial charge is 0.244 e. The highest BCUT2D eigenvalue weighted by Gasteiger charge is 2.30. The van der Waals surface area contributed by atoms with Crippen LogP contribution >= 0.6 is 24.8 Å². The average molecular weight is 425 g/mol. The minimum atomic E-state index is -0.336. The van der Waals surface area contributed by atoms with Gasteiger partial charge in [0.25, 0.3) is 0 Å². The lowest BCUT2D eigenvalue weighted by molar-refractivity contribution is -0.134. The number of H-pyrrole nitrogens is 1. The second-order valence-electron chi connectivity index (χ2n) is 6.91. The van der Waals surface area contributed by atoms with Crippen molar-refractivity contribution in [3.8, 4) is 0 Å². The van der Waals surface area contributed by atoms with Gasteiger partial charge < -0.3 is 15.2 Å². The topological polar surface area (TPSA) is 78.8 Å². The number of amides is 1. The van der Waals surface area contributed by atoms with Gasteiger partial charge in [-0.2, -0.15) is 5.10 Å². The number of fused-ring (bicyclic) bond motifs is 1. The Bertz CT molecular complexity index is 916. The fourth-order valence-electron chi connectivity index (χ4n) is 3.93. The van der Waals surface area contributed by atoms with E-state index in [1.165, 1.54) is 10.9 Å². The summed E-state index contributed by atoms with van der Waals surface area (Å²) < 4.78 is 1.73. The number of likely N-dealkylation sites (N-methyl/N-ethyl adjacent to an activating group) is 1. The largest absolute Gasteiger partial charge is 0.346 e. The molecule has 0 bridgehead atoms. The number of hydrogen-bond donors (Lipinski definition) is 2. The number of aromatic amines is 1. The van der Waals surface area contributed by atoms with Crippen molar-refractivity contribution >= 4 is 41.8 Å². The molecule has 7 nitrogen and oxygen atoms in total. The number of aryl methyl sites for hydroxylation is 1. The van der Waals surface area contributed by atoms with Gasteiger partial charge in [-0.05, 0) is 43.5 Å². The minimum Gasteiger partial charge on any atom is -0.346 e. The van der Waals surface area contributed by atoms with Crippen LogP contribution in [-0.2, 0) is 11.8 Å². The number of likely N-dealkylation sites (tertiary alicyclic amines) is 1. The summed E-state index contributed by atoms with van der Waals surface area (Å²) in [5, 5.41) is 8.51. The van der Waals surface area contributed by atoms with Gasteiger partial charge in [-0.25, -0.2) is 4.98 Å². The van der Waals surface area contributed by atoms with Crippen LogP contribution in [0.15, 0.2) is 36.9 Å². The van der Waals surface area contributed by atoms with Gasteiger partial charge in [0.15, 0.2) is 0 Å². The van der Waals surface area contributed by atoms with Gasteiger partial charge in [-0.3, -0.25) is 9.48 Å². The van der Waals surface area contributed by atoms with Crippen molar-refractivity contribution in [3.63, 3.8) is 0 Å². The molecule has 1 aliphatic heterocycles. The normalized spacial score (nSPS) is 15.7. The summed E-state index contributed by atoms with van der Waals surface area (Å²) in [7, 11) is 3.68. The number of nitrogens with one attached hydrogen (secondary N) is 2. The van der Waals surface area contributed by atoms with Crippen LogP contribution in [0.25, 0.3) is 11.0 Å². The zero-order valence-electron chi connectivity index (χ0n) is 16.0. The van der Waals surface area contributed by atoms with Crippen LogP contribution in [0.2, 0.25) is 0 Å². The summed E-state index contributed by atoms with van der Waals surface area (Å²) in [6, 6.07) is 3.76. The van der Waals surface area contributed by atoms with Gasteiger partial charge >= 0.3 is 0 Å². The Hall–Kier alpha value is -2.09. The molecule has 1 aliphatic rings. The van der Waals surface area contributed by atoms with Crippen molar-refractivity contribution in [1.29, 1.82) is 0 Å². The van der Waals surface area contributed by atoms with Crippen LogP contribution in [-0.4, -0.2) is 50.7 Å². The molecular formula is C19H26Cl2N6O. The van der Waals surface area contributed by atoms with Crippen LogP contribution in [0, 0.1) is 0 Å². The number of pyridine rings is 1. The number of halogens is 2. The molecule has 4 heterocycles. The lowest BCUT2D eigenvalue weighted by Crippen LogP contribution is -2.43. The van der Waals surface area contributed by atoms with E-state index in [2.05, 4.69) is 32.6 Å². The van der Waals surface area contributed by atoms with E-state index in [1.807, 2.05) is 31.3 Å². The first-order valence-corrected chi connectivity index (χ1v) is 9.04. The molecule has 152 valence electrons. The zero-order chi connectivity index (χ0) is 18.1. The van der Waals surface area contributed by atoms with Crippen LogP contribution in [0.4, 0.5) is 0 Å². The molecule has 9 heteroatoms. The Morgan fingerprint density at radius 2 is 2.07 bits per heavy atom. The van der Waals surface area contributed by atoms with Gasteiger partial charge in [-0.1, -0.05) is 0 Å². The van der Waals surface area contributed by atoms with Crippen molar-refractivity contribution in [1.82, 2.24) is 30.0 Å². The van der Waals surface area contributed by atoms with E-state index in [4.69, 9.17) is 0 Å². The van der Waals surface area contributed by atoms with E-state index >= 15 is 0 Å². The Morgan fingerprint density at radius 1 is 1.32 bits per heavy atom. The van der Waals surface area contributed by atoms with Crippen LogP contribution in [0.5, 0.6) is 0 Å². The molecular weight excluding hydrogens is 399 g/mol. The molecule has 0 spiro atoms. The highest BCUT2D eigenvalue weighted by atomic mass is 35.5. The molecule has 1 saturated heterocycles. The third kappa shape index (κ3) is 4.16. The van der Waals surface area contributed by atoms with E-state index in [9.17, 15) is 4.79 Å². The number of piperidine rings is 1. The fourth-order valence-corrected chi connectivity index (χ4v) is 3.93. The molecule has 0 aromatic carbocycles. The van der Waals surface area contributed by atoms with Crippen molar-refractivity contribution in [2.24, 2.45) is 7.05 Å². The summed E-state index contributed by atoms with van der Waals surface area (Å²) in [6.07, 6.45) is 9.47. The monoisotopic (exact) mass is 424 g/mol. The number of carbonyl (C=O) groups is 1. The maximum absolute atomic E-state index is 13.0. The third-order valence-corrected chi connectivity index (χ3v) is 5.32. The van der Waals surface area contributed by atoms with Crippen molar-refractivity contribution in [2.75, 3.05) is 20.1 Å². The predicted octanol–water partition coefficient (Wildman–Crippen LogP) is 2.81. The predicted molar refractivity (Wildman–Crippen MR) is 114 cm³/mol. The fraction of sp³-hybridized carbons (Fsp3) is 0.421.